The fraction of sp³-hybridized carbons (Fsp3) is 0.407. The average molecular weight is 529 g/mol. The summed E-state index contributed by atoms with van der Waals surface area (Å²) in [6.45, 7) is 11.2. The van der Waals surface area contributed by atoms with Crippen LogP contribution in [0.15, 0.2) is 41.5 Å². The number of amides is 1. The Kier molecular flexibility index (Phi) is 9.63. The lowest BCUT2D eigenvalue weighted by atomic mass is 10.1. The molecule has 3 heterocycles. The van der Waals surface area contributed by atoms with E-state index in [1.54, 1.807) is 28.1 Å². The second-order valence-corrected chi connectivity index (χ2v) is 8.67. The Morgan fingerprint density at radius 3 is 2.70 bits per heavy atom. The van der Waals surface area contributed by atoms with Gasteiger partial charge >= 0.3 is 0 Å². The minimum atomic E-state index is -0.418. The SMILES string of the molecule is CC.CC=N/C(=C\C)c1nn(CC(=O)N2CCN(c3cc(OC)c(Cl)cc3F)CC2C)c2ncccc12. The number of anilines is 1. The van der Waals surface area contributed by atoms with Crippen LogP contribution in [0.4, 0.5) is 10.1 Å². The molecule has 1 aliphatic heterocycles. The molecule has 1 saturated heterocycles. The average Bonchev–Trinajstić information content (AvgIpc) is 3.26. The van der Waals surface area contributed by atoms with Crippen molar-refractivity contribution in [2.24, 2.45) is 4.99 Å². The summed E-state index contributed by atoms with van der Waals surface area (Å²) in [5.41, 5.74) is 2.45. The molecule has 1 amide bonds. The van der Waals surface area contributed by atoms with E-state index in [1.165, 1.54) is 13.2 Å². The monoisotopic (exact) mass is 528 g/mol. The Morgan fingerprint density at radius 2 is 2.05 bits per heavy atom. The molecule has 37 heavy (non-hydrogen) atoms. The number of halogens is 2. The van der Waals surface area contributed by atoms with Gasteiger partial charge in [-0.3, -0.25) is 9.79 Å². The highest BCUT2D eigenvalue weighted by atomic mass is 35.5. The number of aromatic nitrogens is 3. The van der Waals surface area contributed by atoms with Crippen LogP contribution in [0, 0.1) is 5.82 Å². The van der Waals surface area contributed by atoms with E-state index in [0.29, 0.717) is 42.4 Å². The van der Waals surface area contributed by atoms with E-state index in [-0.39, 0.29) is 23.5 Å². The predicted octanol–water partition coefficient (Wildman–Crippen LogP) is 5.45. The highest BCUT2D eigenvalue weighted by Crippen LogP contribution is 2.33. The number of pyridine rings is 1. The van der Waals surface area contributed by atoms with Crippen molar-refractivity contribution in [2.45, 2.75) is 47.2 Å². The number of fused-ring (bicyclic) bond motifs is 1. The van der Waals surface area contributed by atoms with Crippen molar-refractivity contribution in [3.05, 3.63) is 53.1 Å². The molecule has 1 aliphatic rings. The molecule has 0 saturated carbocycles. The Balaban J connectivity index is 0.00000186. The zero-order valence-corrected chi connectivity index (χ0v) is 23.0. The van der Waals surface area contributed by atoms with Crippen molar-refractivity contribution in [3.63, 3.8) is 0 Å². The lowest BCUT2D eigenvalue weighted by molar-refractivity contribution is -0.134. The summed E-state index contributed by atoms with van der Waals surface area (Å²) in [6, 6.07) is 6.49. The van der Waals surface area contributed by atoms with Crippen molar-refractivity contribution in [3.8, 4) is 5.75 Å². The number of carbonyl (C=O) groups excluding carboxylic acids is 1. The Bertz CT molecular complexity index is 1310. The van der Waals surface area contributed by atoms with E-state index in [1.807, 2.05) is 57.7 Å². The van der Waals surface area contributed by atoms with Gasteiger partial charge in [0.05, 0.1) is 23.5 Å². The van der Waals surface area contributed by atoms with Crippen molar-refractivity contribution >= 4 is 46.1 Å². The van der Waals surface area contributed by atoms with E-state index >= 15 is 0 Å². The maximum atomic E-state index is 14.6. The molecule has 8 nitrogen and oxygen atoms in total. The number of hydrogen-bond donors (Lipinski definition) is 0. The number of nitrogens with zero attached hydrogens (tertiary/aromatic N) is 6. The normalized spacial score (nSPS) is 16.2. The van der Waals surface area contributed by atoms with Gasteiger partial charge in [-0.05, 0) is 39.0 Å². The second-order valence-electron chi connectivity index (χ2n) is 8.26. The summed E-state index contributed by atoms with van der Waals surface area (Å²) in [7, 11) is 1.50. The maximum Gasteiger partial charge on any atom is 0.244 e. The zero-order chi connectivity index (χ0) is 27.1. The molecule has 3 aromatic rings. The largest absolute Gasteiger partial charge is 0.495 e. The molecule has 10 heteroatoms. The molecule has 0 radical (unpaired) electrons. The quantitative estimate of drug-likeness (QED) is 0.398. The van der Waals surface area contributed by atoms with Gasteiger partial charge in [0.2, 0.25) is 5.91 Å². The number of rotatable bonds is 6. The number of carbonyl (C=O) groups is 1. The van der Waals surface area contributed by atoms with E-state index in [4.69, 9.17) is 16.3 Å². The number of benzene rings is 1. The van der Waals surface area contributed by atoms with Gasteiger partial charge in [0, 0.05) is 49.5 Å². The minimum Gasteiger partial charge on any atom is -0.495 e. The second kappa shape index (κ2) is 12.7. The topological polar surface area (TPSA) is 75.9 Å². The Morgan fingerprint density at radius 1 is 1.30 bits per heavy atom. The highest BCUT2D eigenvalue weighted by molar-refractivity contribution is 6.32. The van der Waals surface area contributed by atoms with Crippen LogP contribution in [0.2, 0.25) is 5.02 Å². The standard InChI is InChI=1S/C25H28ClFN6O2.C2H6/c1-5-20(28-6-2)24-17-8-7-9-29-25(17)33(30-24)15-23(34)32-11-10-31(14-16(32)3)21-13-22(35-4)18(26)12-19(21)27;1-2/h5-9,12-13,16H,10-11,14-15H2,1-4H3;1-2H3/b20-5-,28-6?;. The van der Waals surface area contributed by atoms with Crippen LogP contribution in [0.25, 0.3) is 16.7 Å². The number of aliphatic imine (C=N–C) groups is 1. The summed E-state index contributed by atoms with van der Waals surface area (Å²) in [4.78, 5) is 25.9. The van der Waals surface area contributed by atoms with E-state index in [9.17, 15) is 9.18 Å². The molecule has 1 atom stereocenters. The summed E-state index contributed by atoms with van der Waals surface area (Å²) in [5, 5.41) is 5.74. The number of allylic oxidation sites excluding steroid dienone is 1. The van der Waals surface area contributed by atoms with Crippen molar-refractivity contribution in [1.82, 2.24) is 19.7 Å². The molecule has 0 aliphatic carbocycles. The van der Waals surface area contributed by atoms with Crippen LogP contribution >= 0.6 is 11.6 Å². The first-order valence-corrected chi connectivity index (χ1v) is 12.8. The lowest BCUT2D eigenvalue weighted by Gasteiger charge is -2.41. The van der Waals surface area contributed by atoms with E-state index < -0.39 is 5.82 Å². The fourth-order valence-electron chi connectivity index (χ4n) is 4.40. The van der Waals surface area contributed by atoms with Crippen LogP contribution in [0.3, 0.4) is 0 Å². The number of methoxy groups -OCH3 is 1. The van der Waals surface area contributed by atoms with Crippen molar-refractivity contribution < 1.29 is 13.9 Å². The predicted molar refractivity (Wildman–Crippen MR) is 148 cm³/mol. The van der Waals surface area contributed by atoms with Crippen molar-refractivity contribution in [1.29, 1.82) is 0 Å². The van der Waals surface area contributed by atoms with Crippen LogP contribution in [-0.2, 0) is 11.3 Å². The van der Waals surface area contributed by atoms with Crippen LogP contribution in [0.5, 0.6) is 5.75 Å². The van der Waals surface area contributed by atoms with Crippen molar-refractivity contribution in [2.75, 3.05) is 31.6 Å². The van der Waals surface area contributed by atoms with E-state index in [0.717, 1.165) is 11.1 Å². The minimum absolute atomic E-state index is 0.0494. The van der Waals surface area contributed by atoms with Crippen LogP contribution in [-0.4, -0.2) is 64.6 Å². The van der Waals surface area contributed by atoms with Gasteiger partial charge < -0.3 is 14.5 Å². The van der Waals surface area contributed by atoms with Gasteiger partial charge in [-0.15, -0.1) is 0 Å². The third-order valence-corrected chi connectivity index (χ3v) is 6.38. The number of ether oxygens (including phenoxy) is 1. The number of piperazine rings is 1. The van der Waals surface area contributed by atoms with E-state index in [2.05, 4.69) is 15.1 Å². The van der Waals surface area contributed by atoms with Gasteiger partial charge in [-0.1, -0.05) is 31.5 Å². The highest BCUT2D eigenvalue weighted by Gasteiger charge is 2.30. The van der Waals surface area contributed by atoms with Gasteiger partial charge in [-0.25, -0.2) is 14.1 Å². The van der Waals surface area contributed by atoms with Gasteiger partial charge in [-0.2, -0.15) is 5.10 Å². The molecular weight excluding hydrogens is 495 g/mol. The molecule has 1 fully saturated rings. The first-order chi connectivity index (χ1) is 17.9. The van der Waals surface area contributed by atoms with Crippen LogP contribution in [0.1, 0.15) is 40.3 Å². The zero-order valence-electron chi connectivity index (χ0n) is 22.2. The third-order valence-electron chi connectivity index (χ3n) is 6.09. The molecule has 0 spiro atoms. The summed E-state index contributed by atoms with van der Waals surface area (Å²) in [5.74, 6) is -0.0798. The molecule has 4 rings (SSSR count). The molecule has 0 N–H and O–H groups in total. The first kappa shape index (κ1) is 28.1. The first-order valence-electron chi connectivity index (χ1n) is 12.4. The Hall–Kier alpha value is -3.46. The van der Waals surface area contributed by atoms with Crippen LogP contribution < -0.4 is 9.64 Å². The molecule has 1 unspecified atom stereocenters. The number of hydrogen-bond acceptors (Lipinski definition) is 6. The molecule has 1 aromatic carbocycles. The van der Waals surface area contributed by atoms with Gasteiger partial charge in [0.1, 0.15) is 23.8 Å². The third kappa shape index (κ3) is 5.93. The molecule has 2 aromatic heterocycles. The summed E-state index contributed by atoms with van der Waals surface area (Å²) in [6.07, 6.45) is 5.28. The fourth-order valence-corrected chi connectivity index (χ4v) is 4.63. The molecule has 198 valence electrons. The molecule has 0 bridgehead atoms. The summed E-state index contributed by atoms with van der Waals surface area (Å²) >= 11 is 6.04. The lowest BCUT2D eigenvalue weighted by Crippen LogP contribution is -2.55. The van der Waals surface area contributed by atoms with Gasteiger partial charge in [0.25, 0.3) is 0 Å². The molecular formula is C27H34ClFN6O2. The smallest absolute Gasteiger partial charge is 0.244 e. The maximum absolute atomic E-state index is 14.6. The van der Waals surface area contributed by atoms with Gasteiger partial charge in [0.15, 0.2) is 5.65 Å². The Labute approximate surface area is 222 Å². The summed E-state index contributed by atoms with van der Waals surface area (Å²) < 4.78 is 21.5.